The Kier molecular flexibility index (Phi) is 2.79. The number of carboxylic acids is 1. The highest BCUT2D eigenvalue weighted by atomic mass is 79.9. The molecule has 0 unspecified atom stereocenters. The van der Waals surface area contributed by atoms with E-state index in [9.17, 15) is 4.79 Å². The minimum atomic E-state index is -0.944. The molecular weight excluding hydrogens is 310 g/mol. The van der Waals surface area contributed by atoms with Gasteiger partial charge in [0, 0.05) is 16.2 Å². The summed E-state index contributed by atoms with van der Waals surface area (Å²) in [6.07, 6.45) is 1.87. The molecule has 3 aromatic rings. The summed E-state index contributed by atoms with van der Waals surface area (Å²) in [7, 11) is 0. The number of pyridine rings is 1. The van der Waals surface area contributed by atoms with Gasteiger partial charge in [0.1, 0.15) is 0 Å². The lowest BCUT2D eigenvalue weighted by Crippen LogP contribution is -1.96. The first-order valence-electron chi connectivity index (χ1n) is 5.49. The van der Waals surface area contributed by atoms with Gasteiger partial charge in [0.05, 0.1) is 5.56 Å². The van der Waals surface area contributed by atoms with Gasteiger partial charge in [-0.25, -0.2) is 4.79 Å². The van der Waals surface area contributed by atoms with Gasteiger partial charge in [-0.3, -0.25) is 4.40 Å². The number of hydrogen-bond donors (Lipinski definition) is 1. The molecule has 0 saturated heterocycles. The Morgan fingerprint density at radius 2 is 1.84 bits per heavy atom. The van der Waals surface area contributed by atoms with Gasteiger partial charge in [0.25, 0.3) is 0 Å². The van der Waals surface area contributed by atoms with Crippen LogP contribution >= 0.6 is 15.9 Å². The molecule has 19 heavy (non-hydrogen) atoms. The van der Waals surface area contributed by atoms with Crippen molar-refractivity contribution in [3.63, 3.8) is 0 Å². The second-order valence-electron chi connectivity index (χ2n) is 3.98. The predicted octanol–water partition coefficient (Wildman–Crippen LogP) is 2.86. The van der Waals surface area contributed by atoms with Crippen LogP contribution < -0.4 is 0 Å². The first-order chi connectivity index (χ1) is 9.15. The molecule has 0 atom stereocenters. The van der Waals surface area contributed by atoms with Gasteiger partial charge in [0.15, 0.2) is 11.5 Å². The van der Waals surface area contributed by atoms with Crippen molar-refractivity contribution < 1.29 is 9.90 Å². The molecule has 1 N–H and O–H groups in total. The minimum absolute atomic E-state index is 0.249. The molecule has 1 aromatic carbocycles. The van der Waals surface area contributed by atoms with E-state index in [0.29, 0.717) is 5.82 Å². The van der Waals surface area contributed by atoms with Crippen LogP contribution in [0.2, 0.25) is 0 Å². The van der Waals surface area contributed by atoms with Crippen molar-refractivity contribution in [1.29, 1.82) is 0 Å². The maximum atomic E-state index is 10.8. The maximum Gasteiger partial charge on any atom is 0.335 e. The molecule has 3 rings (SSSR count). The van der Waals surface area contributed by atoms with Crippen LogP contribution in [0.1, 0.15) is 10.4 Å². The highest BCUT2D eigenvalue weighted by molar-refractivity contribution is 9.10. The van der Waals surface area contributed by atoms with Crippen molar-refractivity contribution in [3.05, 3.63) is 52.6 Å². The lowest BCUT2D eigenvalue weighted by atomic mass is 10.1. The van der Waals surface area contributed by atoms with E-state index in [4.69, 9.17) is 5.11 Å². The van der Waals surface area contributed by atoms with Crippen molar-refractivity contribution in [3.8, 4) is 11.4 Å². The number of nitrogens with zero attached hydrogens (tertiary/aromatic N) is 3. The van der Waals surface area contributed by atoms with Gasteiger partial charge in [-0.15, -0.1) is 10.2 Å². The molecule has 94 valence electrons. The second kappa shape index (κ2) is 4.47. The van der Waals surface area contributed by atoms with Crippen LogP contribution in [0.4, 0.5) is 0 Å². The summed E-state index contributed by atoms with van der Waals surface area (Å²) in [5.41, 5.74) is 1.80. The average Bonchev–Trinajstić information content (AvgIpc) is 2.81. The molecule has 2 aromatic heterocycles. The molecule has 0 aliphatic heterocycles. The third-order valence-electron chi connectivity index (χ3n) is 2.76. The smallest absolute Gasteiger partial charge is 0.335 e. The number of aromatic carboxylic acids is 1. The van der Waals surface area contributed by atoms with Gasteiger partial charge in [0.2, 0.25) is 0 Å². The average molecular weight is 318 g/mol. The molecule has 5 nitrogen and oxygen atoms in total. The first kappa shape index (κ1) is 11.9. The topological polar surface area (TPSA) is 67.5 Å². The summed E-state index contributed by atoms with van der Waals surface area (Å²) in [5.74, 6) is -0.270. The van der Waals surface area contributed by atoms with E-state index in [-0.39, 0.29) is 5.56 Å². The summed E-state index contributed by atoms with van der Waals surface area (Å²) < 4.78 is 2.77. The van der Waals surface area contributed by atoms with E-state index in [1.807, 2.05) is 22.7 Å². The van der Waals surface area contributed by atoms with Gasteiger partial charge < -0.3 is 5.11 Å². The van der Waals surface area contributed by atoms with Gasteiger partial charge in [-0.05, 0) is 40.2 Å². The molecule has 0 aliphatic carbocycles. The quantitative estimate of drug-likeness (QED) is 0.789. The number of hydrogen-bond acceptors (Lipinski definition) is 3. The third-order valence-corrected chi connectivity index (χ3v) is 3.23. The summed E-state index contributed by atoms with van der Waals surface area (Å²) in [6, 6.07) is 10.3. The summed E-state index contributed by atoms with van der Waals surface area (Å²) >= 11 is 3.40. The van der Waals surface area contributed by atoms with Crippen LogP contribution in [-0.2, 0) is 0 Å². The number of rotatable bonds is 2. The van der Waals surface area contributed by atoms with Gasteiger partial charge >= 0.3 is 5.97 Å². The molecule has 0 amide bonds. The fraction of sp³-hybridized carbons (Fsp3) is 0. The molecule has 0 bridgehead atoms. The van der Waals surface area contributed by atoms with Crippen molar-refractivity contribution >= 4 is 27.5 Å². The number of benzene rings is 1. The third kappa shape index (κ3) is 2.10. The van der Waals surface area contributed by atoms with Gasteiger partial charge in [-0.1, -0.05) is 12.1 Å². The number of halogens is 1. The van der Waals surface area contributed by atoms with Crippen molar-refractivity contribution in [2.75, 3.05) is 0 Å². The van der Waals surface area contributed by atoms with Crippen molar-refractivity contribution in [2.45, 2.75) is 0 Å². The number of fused-ring (bicyclic) bond motifs is 1. The van der Waals surface area contributed by atoms with Gasteiger partial charge in [-0.2, -0.15) is 0 Å². The number of carbonyl (C=O) groups is 1. The van der Waals surface area contributed by atoms with E-state index in [1.54, 1.807) is 24.3 Å². The second-order valence-corrected chi connectivity index (χ2v) is 4.90. The highest BCUT2D eigenvalue weighted by Gasteiger charge is 2.09. The Morgan fingerprint density at radius 3 is 2.53 bits per heavy atom. The van der Waals surface area contributed by atoms with Crippen LogP contribution in [0, 0.1) is 0 Å². The Hall–Kier alpha value is -2.21. The zero-order chi connectivity index (χ0) is 13.4. The summed E-state index contributed by atoms with van der Waals surface area (Å²) in [5, 5.41) is 17.1. The predicted molar refractivity (Wildman–Crippen MR) is 73.1 cm³/mol. The zero-order valence-corrected chi connectivity index (χ0v) is 11.2. The molecule has 0 radical (unpaired) electrons. The Balaban J connectivity index is 2.13. The monoisotopic (exact) mass is 317 g/mol. The van der Waals surface area contributed by atoms with Crippen LogP contribution in [0.25, 0.3) is 17.0 Å². The standard InChI is InChI=1S/C13H8BrN3O2/c14-10-5-6-11-15-16-12(17(11)7-10)8-1-3-9(4-2-8)13(18)19/h1-7H,(H,18,19). The Morgan fingerprint density at radius 1 is 1.11 bits per heavy atom. The first-order valence-corrected chi connectivity index (χ1v) is 6.28. The zero-order valence-electron chi connectivity index (χ0n) is 9.62. The largest absolute Gasteiger partial charge is 0.478 e. The van der Waals surface area contributed by atoms with Crippen molar-refractivity contribution in [1.82, 2.24) is 14.6 Å². The fourth-order valence-electron chi connectivity index (χ4n) is 1.82. The minimum Gasteiger partial charge on any atom is -0.478 e. The molecule has 0 fully saturated rings. The van der Waals surface area contributed by atoms with Crippen LogP contribution in [0.5, 0.6) is 0 Å². The highest BCUT2D eigenvalue weighted by Crippen LogP contribution is 2.21. The number of aromatic nitrogens is 3. The molecule has 0 spiro atoms. The molecule has 0 aliphatic rings. The Bertz CT molecular complexity index is 765. The molecule has 6 heteroatoms. The van der Waals surface area contributed by atoms with Crippen molar-refractivity contribution in [2.24, 2.45) is 0 Å². The van der Waals surface area contributed by atoms with E-state index in [0.717, 1.165) is 15.7 Å². The lowest BCUT2D eigenvalue weighted by Gasteiger charge is -2.01. The van der Waals surface area contributed by atoms with E-state index in [1.165, 1.54) is 0 Å². The van der Waals surface area contributed by atoms with Crippen LogP contribution in [-0.4, -0.2) is 25.7 Å². The van der Waals surface area contributed by atoms with E-state index >= 15 is 0 Å². The SMILES string of the molecule is O=C(O)c1ccc(-c2nnc3ccc(Br)cn23)cc1. The normalized spacial score (nSPS) is 10.8. The summed E-state index contributed by atoms with van der Waals surface area (Å²) in [4.78, 5) is 10.8. The fourth-order valence-corrected chi connectivity index (χ4v) is 2.16. The molecule has 2 heterocycles. The lowest BCUT2D eigenvalue weighted by molar-refractivity contribution is 0.0697. The van der Waals surface area contributed by atoms with Crippen LogP contribution in [0.15, 0.2) is 47.1 Å². The van der Waals surface area contributed by atoms with E-state index in [2.05, 4.69) is 26.1 Å². The summed E-state index contributed by atoms with van der Waals surface area (Å²) in [6.45, 7) is 0. The molecular formula is C13H8BrN3O2. The van der Waals surface area contributed by atoms with Crippen LogP contribution in [0.3, 0.4) is 0 Å². The Labute approximate surface area is 116 Å². The maximum absolute atomic E-state index is 10.8. The number of carboxylic acid groups (broad SMARTS) is 1. The van der Waals surface area contributed by atoms with E-state index < -0.39 is 5.97 Å². The molecule has 0 saturated carbocycles.